The fourth-order valence-corrected chi connectivity index (χ4v) is 1.43. The van der Waals surface area contributed by atoms with Crippen LogP contribution in [0.2, 0.25) is 0 Å². The van der Waals surface area contributed by atoms with Crippen molar-refractivity contribution in [2.24, 2.45) is 5.73 Å². The lowest BCUT2D eigenvalue weighted by Gasteiger charge is -2.05. The third kappa shape index (κ3) is 2.12. The topological polar surface area (TPSA) is 49.8 Å². The Kier molecular flexibility index (Phi) is 3.26. The first kappa shape index (κ1) is 10.7. The molecule has 0 aliphatic carbocycles. The van der Waals surface area contributed by atoms with Crippen LogP contribution in [0.5, 0.6) is 0 Å². The minimum Gasteiger partial charge on any atom is -0.397 e. The van der Waals surface area contributed by atoms with E-state index in [0.29, 0.717) is 21.3 Å². The van der Waals surface area contributed by atoms with Crippen LogP contribution >= 0.6 is 15.9 Å². The van der Waals surface area contributed by atoms with Gasteiger partial charge < -0.3 is 5.73 Å². The SMILES string of the molecule is C/C(C#N)=C(/N)c1cc(F)ccc1Br. The Balaban J connectivity index is 3.34. The third-order valence-electron chi connectivity index (χ3n) is 1.79. The molecular weight excluding hydrogens is 247 g/mol. The summed E-state index contributed by atoms with van der Waals surface area (Å²) in [4.78, 5) is 0. The van der Waals surface area contributed by atoms with Crippen molar-refractivity contribution in [3.63, 3.8) is 0 Å². The molecule has 0 heterocycles. The average molecular weight is 255 g/mol. The lowest BCUT2D eigenvalue weighted by molar-refractivity contribution is 0.627. The van der Waals surface area contributed by atoms with Gasteiger partial charge in [-0.15, -0.1) is 0 Å². The molecule has 0 amide bonds. The number of halogens is 2. The second-order valence-electron chi connectivity index (χ2n) is 2.77. The highest BCUT2D eigenvalue weighted by atomic mass is 79.9. The zero-order valence-electron chi connectivity index (χ0n) is 7.51. The fourth-order valence-electron chi connectivity index (χ4n) is 0.966. The summed E-state index contributed by atoms with van der Waals surface area (Å²) in [5.41, 5.74) is 6.85. The van der Waals surface area contributed by atoms with E-state index in [9.17, 15) is 4.39 Å². The van der Waals surface area contributed by atoms with Crippen LogP contribution < -0.4 is 5.73 Å². The van der Waals surface area contributed by atoms with Gasteiger partial charge in [-0.25, -0.2) is 4.39 Å². The van der Waals surface area contributed by atoms with Gasteiger partial charge in [0.1, 0.15) is 5.82 Å². The van der Waals surface area contributed by atoms with Crippen LogP contribution in [0.15, 0.2) is 28.2 Å². The van der Waals surface area contributed by atoms with Crippen molar-refractivity contribution in [3.05, 3.63) is 39.6 Å². The monoisotopic (exact) mass is 254 g/mol. The molecule has 2 N–H and O–H groups in total. The molecule has 0 saturated heterocycles. The zero-order valence-corrected chi connectivity index (χ0v) is 9.10. The van der Waals surface area contributed by atoms with Gasteiger partial charge in [-0.3, -0.25) is 0 Å². The Labute approximate surface area is 90.0 Å². The van der Waals surface area contributed by atoms with Crippen LogP contribution in [0.1, 0.15) is 12.5 Å². The van der Waals surface area contributed by atoms with Crippen LogP contribution in [0.3, 0.4) is 0 Å². The van der Waals surface area contributed by atoms with Crippen molar-refractivity contribution in [2.45, 2.75) is 6.92 Å². The van der Waals surface area contributed by atoms with Crippen LogP contribution in [-0.4, -0.2) is 0 Å². The Bertz CT molecular complexity index is 432. The van der Waals surface area contributed by atoms with Gasteiger partial charge in [-0.05, 0) is 25.1 Å². The van der Waals surface area contributed by atoms with Crippen LogP contribution in [-0.2, 0) is 0 Å². The van der Waals surface area contributed by atoms with E-state index in [4.69, 9.17) is 11.0 Å². The van der Waals surface area contributed by atoms with Gasteiger partial charge in [0, 0.05) is 15.6 Å². The quantitative estimate of drug-likeness (QED) is 0.784. The minimum absolute atomic E-state index is 0.291. The molecule has 0 spiro atoms. The molecule has 1 rings (SSSR count). The zero-order chi connectivity index (χ0) is 10.7. The van der Waals surface area contributed by atoms with E-state index in [-0.39, 0.29) is 5.82 Å². The molecule has 0 unspecified atom stereocenters. The highest BCUT2D eigenvalue weighted by Crippen LogP contribution is 2.24. The first-order valence-corrected chi connectivity index (χ1v) is 4.67. The number of nitrogens with zero attached hydrogens (tertiary/aromatic N) is 1. The summed E-state index contributed by atoms with van der Waals surface area (Å²) in [7, 11) is 0. The van der Waals surface area contributed by atoms with Crippen molar-refractivity contribution in [1.29, 1.82) is 5.26 Å². The smallest absolute Gasteiger partial charge is 0.123 e. The summed E-state index contributed by atoms with van der Waals surface area (Å²) in [5.74, 6) is -0.378. The third-order valence-corrected chi connectivity index (χ3v) is 2.48. The molecule has 0 fully saturated rings. The summed E-state index contributed by atoms with van der Waals surface area (Å²) < 4.78 is 13.6. The Morgan fingerprint density at radius 2 is 2.21 bits per heavy atom. The molecule has 1 aromatic rings. The molecule has 0 aliphatic rings. The molecule has 14 heavy (non-hydrogen) atoms. The summed E-state index contributed by atoms with van der Waals surface area (Å²) in [6.45, 7) is 1.59. The summed E-state index contributed by atoms with van der Waals surface area (Å²) in [6.07, 6.45) is 0. The maximum Gasteiger partial charge on any atom is 0.123 e. The predicted octanol–water partition coefficient (Wildman–Crippen LogP) is 2.80. The molecule has 0 bridgehead atoms. The lowest BCUT2D eigenvalue weighted by atomic mass is 10.1. The van der Waals surface area contributed by atoms with E-state index in [2.05, 4.69) is 15.9 Å². The fraction of sp³-hybridized carbons (Fsp3) is 0.100. The van der Waals surface area contributed by atoms with E-state index in [0.717, 1.165) is 0 Å². The van der Waals surface area contributed by atoms with Crippen LogP contribution in [0, 0.1) is 17.1 Å². The van der Waals surface area contributed by atoms with E-state index < -0.39 is 0 Å². The average Bonchev–Trinajstić information content (AvgIpc) is 2.19. The van der Waals surface area contributed by atoms with Crippen molar-refractivity contribution >= 4 is 21.6 Å². The van der Waals surface area contributed by atoms with Crippen molar-refractivity contribution < 1.29 is 4.39 Å². The van der Waals surface area contributed by atoms with E-state index in [1.807, 2.05) is 6.07 Å². The molecule has 0 saturated carbocycles. The molecule has 0 aliphatic heterocycles. The highest BCUT2D eigenvalue weighted by Gasteiger charge is 2.06. The normalized spacial score (nSPS) is 11.9. The number of nitriles is 1. The van der Waals surface area contributed by atoms with Crippen molar-refractivity contribution in [2.75, 3.05) is 0 Å². The standard InChI is InChI=1S/C10H8BrFN2/c1-6(5-13)10(14)8-4-7(12)2-3-9(8)11/h2-4H,14H2,1H3/b10-6-. The van der Waals surface area contributed by atoms with Gasteiger partial charge in [0.15, 0.2) is 0 Å². The summed E-state index contributed by atoms with van der Waals surface area (Å²) >= 11 is 3.24. The van der Waals surface area contributed by atoms with Gasteiger partial charge in [-0.1, -0.05) is 15.9 Å². The number of nitrogens with two attached hydrogens (primary N) is 1. The summed E-state index contributed by atoms with van der Waals surface area (Å²) in [5, 5.41) is 8.63. The highest BCUT2D eigenvalue weighted by molar-refractivity contribution is 9.10. The first-order valence-electron chi connectivity index (χ1n) is 3.88. The van der Waals surface area contributed by atoms with E-state index >= 15 is 0 Å². The molecular formula is C10H8BrFN2. The minimum atomic E-state index is -0.378. The molecule has 0 atom stereocenters. The molecule has 2 nitrogen and oxygen atoms in total. The molecule has 72 valence electrons. The van der Waals surface area contributed by atoms with Crippen molar-refractivity contribution in [1.82, 2.24) is 0 Å². The Morgan fingerprint density at radius 1 is 1.57 bits per heavy atom. The number of benzene rings is 1. The van der Waals surface area contributed by atoms with Gasteiger partial charge in [0.25, 0.3) is 0 Å². The number of hydrogen-bond acceptors (Lipinski definition) is 2. The van der Waals surface area contributed by atoms with E-state index in [1.54, 1.807) is 13.0 Å². The number of allylic oxidation sites excluding steroid dienone is 1. The van der Waals surface area contributed by atoms with Crippen LogP contribution in [0.25, 0.3) is 5.70 Å². The van der Waals surface area contributed by atoms with Gasteiger partial charge >= 0.3 is 0 Å². The van der Waals surface area contributed by atoms with E-state index in [1.165, 1.54) is 12.1 Å². The summed E-state index contributed by atoms with van der Waals surface area (Å²) in [6, 6.07) is 6.09. The maximum absolute atomic E-state index is 12.9. The largest absolute Gasteiger partial charge is 0.397 e. The molecule has 1 aromatic carbocycles. The molecule has 0 radical (unpaired) electrons. The van der Waals surface area contributed by atoms with Gasteiger partial charge in [0.05, 0.1) is 11.8 Å². The predicted molar refractivity (Wildman–Crippen MR) is 56.5 cm³/mol. The van der Waals surface area contributed by atoms with Gasteiger partial charge in [-0.2, -0.15) is 5.26 Å². The number of hydrogen-bond donors (Lipinski definition) is 1. The maximum atomic E-state index is 12.9. The number of rotatable bonds is 1. The lowest BCUT2D eigenvalue weighted by Crippen LogP contribution is -2.00. The molecule has 4 heteroatoms. The second-order valence-corrected chi connectivity index (χ2v) is 3.63. The molecule has 0 aromatic heterocycles. The van der Waals surface area contributed by atoms with Gasteiger partial charge in [0.2, 0.25) is 0 Å². The first-order chi connectivity index (χ1) is 6.56. The Hall–Kier alpha value is -1.34. The Morgan fingerprint density at radius 3 is 2.79 bits per heavy atom. The van der Waals surface area contributed by atoms with Crippen LogP contribution in [0.4, 0.5) is 4.39 Å². The van der Waals surface area contributed by atoms with Crippen molar-refractivity contribution in [3.8, 4) is 6.07 Å². The second kappa shape index (κ2) is 4.25.